The number of hydrogen-bond acceptors (Lipinski definition) is 5. The van der Waals surface area contributed by atoms with Gasteiger partial charge in [-0.1, -0.05) is 76.5 Å². The lowest BCUT2D eigenvalue weighted by molar-refractivity contribution is -0.145. The van der Waals surface area contributed by atoms with Crippen molar-refractivity contribution in [1.82, 2.24) is 9.97 Å². The Labute approximate surface area is 229 Å². The molecule has 0 amide bonds. The molecule has 1 aromatic heterocycles. The molecule has 0 spiro atoms. The zero-order valence-corrected chi connectivity index (χ0v) is 23.7. The first-order chi connectivity index (χ1) is 18.5. The summed E-state index contributed by atoms with van der Waals surface area (Å²) in [6.07, 6.45) is 19.4. The Bertz CT molecular complexity index is 1100. The maximum atomic E-state index is 11.0. The minimum atomic E-state index is -0.204. The zero-order valence-electron chi connectivity index (χ0n) is 23.7. The summed E-state index contributed by atoms with van der Waals surface area (Å²) in [4.78, 5) is 20.2. The van der Waals surface area contributed by atoms with Gasteiger partial charge in [-0.05, 0) is 73.6 Å². The summed E-state index contributed by atoms with van der Waals surface area (Å²) < 4.78 is 11.2. The van der Waals surface area contributed by atoms with Crippen LogP contribution in [0, 0.1) is 0 Å². The Morgan fingerprint density at radius 1 is 0.816 bits per heavy atom. The number of benzene rings is 2. The number of aromatic nitrogens is 2. The summed E-state index contributed by atoms with van der Waals surface area (Å²) >= 11 is 0. The lowest BCUT2D eigenvalue weighted by Crippen LogP contribution is -2.11. The van der Waals surface area contributed by atoms with E-state index < -0.39 is 0 Å². The van der Waals surface area contributed by atoms with Gasteiger partial charge in [0.05, 0.1) is 12.7 Å². The van der Waals surface area contributed by atoms with Gasteiger partial charge in [-0.25, -0.2) is 9.97 Å². The second kappa shape index (κ2) is 16.8. The summed E-state index contributed by atoms with van der Waals surface area (Å²) in [6, 6.07) is 12.7. The van der Waals surface area contributed by atoms with E-state index in [4.69, 9.17) is 9.47 Å². The largest absolute Gasteiger partial charge is 0.494 e. The van der Waals surface area contributed by atoms with Crippen molar-refractivity contribution in [3.63, 3.8) is 0 Å². The van der Waals surface area contributed by atoms with E-state index in [-0.39, 0.29) is 12.1 Å². The van der Waals surface area contributed by atoms with Crippen LogP contribution in [-0.4, -0.2) is 28.6 Å². The number of fused-ring (bicyclic) bond motifs is 1. The number of esters is 1. The fraction of sp³-hybridized carbons (Fsp3) is 0.545. The van der Waals surface area contributed by atoms with Crippen LogP contribution in [-0.2, 0) is 16.0 Å². The van der Waals surface area contributed by atoms with Crippen molar-refractivity contribution >= 4 is 16.7 Å². The molecule has 1 heterocycles. The number of carbonyl (C=O) groups is 1. The summed E-state index contributed by atoms with van der Waals surface area (Å²) in [5.74, 6) is 1.49. The molecule has 1 unspecified atom stereocenters. The standard InChI is InChI=1S/C33H46N2O3/c1-4-5-6-7-8-9-10-14-21-37-32-20-19-29-22-31(18-17-30(29)23-32)33-34-24-28(25-35-33)16-13-11-12-15-26(2)38-27(3)36/h17-20,22-26H,4-16,21H2,1-3H3. The molecule has 38 heavy (non-hydrogen) atoms. The predicted octanol–water partition coefficient (Wildman–Crippen LogP) is 8.87. The third-order valence-corrected chi connectivity index (χ3v) is 6.99. The molecule has 0 N–H and O–H groups in total. The van der Waals surface area contributed by atoms with Crippen molar-refractivity contribution < 1.29 is 14.3 Å². The highest BCUT2D eigenvalue weighted by Crippen LogP contribution is 2.26. The van der Waals surface area contributed by atoms with Crippen LogP contribution in [0.15, 0.2) is 48.8 Å². The van der Waals surface area contributed by atoms with Crippen molar-refractivity contribution in [2.24, 2.45) is 0 Å². The second-order valence-electron chi connectivity index (χ2n) is 10.5. The molecule has 0 aliphatic carbocycles. The van der Waals surface area contributed by atoms with Crippen molar-refractivity contribution in [3.8, 4) is 17.1 Å². The van der Waals surface area contributed by atoms with Gasteiger partial charge in [-0.3, -0.25) is 4.79 Å². The fourth-order valence-corrected chi connectivity index (χ4v) is 4.79. The van der Waals surface area contributed by atoms with E-state index >= 15 is 0 Å². The summed E-state index contributed by atoms with van der Waals surface area (Å²) in [6.45, 7) is 6.46. The monoisotopic (exact) mass is 518 g/mol. The number of aryl methyl sites for hydroxylation is 1. The molecule has 0 radical (unpaired) electrons. The van der Waals surface area contributed by atoms with Gasteiger partial charge in [-0.2, -0.15) is 0 Å². The highest BCUT2D eigenvalue weighted by Gasteiger charge is 2.07. The minimum absolute atomic E-state index is 0.00380. The first-order valence-electron chi connectivity index (χ1n) is 14.7. The van der Waals surface area contributed by atoms with E-state index in [0.717, 1.165) is 73.2 Å². The van der Waals surface area contributed by atoms with E-state index in [1.807, 2.05) is 19.3 Å². The highest BCUT2D eigenvalue weighted by atomic mass is 16.5. The lowest BCUT2D eigenvalue weighted by atomic mass is 10.1. The van der Waals surface area contributed by atoms with Crippen molar-refractivity contribution in [2.75, 3.05) is 6.61 Å². The predicted molar refractivity (Wildman–Crippen MR) is 156 cm³/mol. The van der Waals surface area contributed by atoms with Crippen LogP contribution in [0.2, 0.25) is 0 Å². The molecule has 3 aromatic rings. The Morgan fingerprint density at radius 2 is 1.47 bits per heavy atom. The van der Waals surface area contributed by atoms with Crippen LogP contribution < -0.4 is 4.74 Å². The first kappa shape index (κ1) is 29.6. The zero-order chi connectivity index (χ0) is 27.0. The molecule has 1 atom stereocenters. The number of unbranched alkanes of at least 4 members (excludes halogenated alkanes) is 9. The van der Waals surface area contributed by atoms with Gasteiger partial charge in [0.25, 0.3) is 0 Å². The van der Waals surface area contributed by atoms with Crippen LogP contribution >= 0.6 is 0 Å². The number of ether oxygens (including phenoxy) is 2. The molecule has 2 aromatic carbocycles. The smallest absolute Gasteiger partial charge is 0.302 e. The Balaban J connectivity index is 1.40. The number of nitrogens with zero attached hydrogens (tertiary/aromatic N) is 2. The van der Waals surface area contributed by atoms with Crippen LogP contribution in [0.4, 0.5) is 0 Å². The van der Waals surface area contributed by atoms with Crippen LogP contribution in [0.3, 0.4) is 0 Å². The maximum Gasteiger partial charge on any atom is 0.302 e. The van der Waals surface area contributed by atoms with E-state index in [1.165, 1.54) is 57.3 Å². The first-order valence-corrected chi connectivity index (χ1v) is 14.7. The Hall–Kier alpha value is -2.95. The normalized spacial score (nSPS) is 12.0. The van der Waals surface area contributed by atoms with Gasteiger partial charge < -0.3 is 9.47 Å². The van der Waals surface area contributed by atoms with Gasteiger partial charge in [0.15, 0.2) is 5.82 Å². The SMILES string of the molecule is CCCCCCCCCCOc1ccc2cc(-c3ncc(CCCCCC(C)OC(C)=O)cn3)ccc2c1. The van der Waals surface area contributed by atoms with Gasteiger partial charge in [0.1, 0.15) is 5.75 Å². The Morgan fingerprint density at radius 3 is 2.21 bits per heavy atom. The van der Waals surface area contributed by atoms with E-state index in [1.54, 1.807) is 0 Å². The fourth-order valence-electron chi connectivity index (χ4n) is 4.79. The van der Waals surface area contributed by atoms with Crippen molar-refractivity contribution in [3.05, 3.63) is 54.4 Å². The molecule has 5 nitrogen and oxygen atoms in total. The van der Waals surface area contributed by atoms with E-state index in [0.29, 0.717) is 0 Å². The molecule has 0 aliphatic heterocycles. The number of rotatable bonds is 18. The quantitative estimate of drug-likeness (QED) is 0.124. The molecular formula is C33H46N2O3. The summed E-state index contributed by atoms with van der Waals surface area (Å²) in [5.41, 5.74) is 2.18. The second-order valence-corrected chi connectivity index (χ2v) is 10.5. The van der Waals surface area contributed by atoms with Gasteiger partial charge in [0.2, 0.25) is 0 Å². The average molecular weight is 519 g/mol. The molecule has 5 heteroatoms. The molecule has 206 valence electrons. The maximum absolute atomic E-state index is 11.0. The number of carbonyl (C=O) groups excluding carboxylic acids is 1. The molecule has 0 saturated carbocycles. The van der Waals surface area contributed by atoms with Crippen LogP contribution in [0.5, 0.6) is 5.75 Å². The molecule has 3 rings (SSSR count). The third kappa shape index (κ3) is 10.8. The van der Waals surface area contributed by atoms with Crippen LogP contribution in [0.25, 0.3) is 22.2 Å². The third-order valence-electron chi connectivity index (χ3n) is 6.99. The van der Waals surface area contributed by atoms with E-state index in [2.05, 4.69) is 53.3 Å². The summed E-state index contributed by atoms with van der Waals surface area (Å²) in [5, 5.41) is 2.33. The topological polar surface area (TPSA) is 61.3 Å². The highest BCUT2D eigenvalue weighted by molar-refractivity contribution is 5.87. The molecule has 0 aliphatic rings. The summed E-state index contributed by atoms with van der Waals surface area (Å²) in [7, 11) is 0. The minimum Gasteiger partial charge on any atom is -0.494 e. The van der Waals surface area contributed by atoms with Gasteiger partial charge >= 0.3 is 5.97 Å². The van der Waals surface area contributed by atoms with Gasteiger partial charge in [0, 0.05) is 24.9 Å². The van der Waals surface area contributed by atoms with Crippen molar-refractivity contribution in [1.29, 1.82) is 0 Å². The van der Waals surface area contributed by atoms with Gasteiger partial charge in [-0.15, -0.1) is 0 Å². The van der Waals surface area contributed by atoms with Crippen molar-refractivity contribution in [2.45, 2.75) is 110 Å². The van der Waals surface area contributed by atoms with E-state index in [9.17, 15) is 4.79 Å². The van der Waals surface area contributed by atoms with Crippen LogP contribution in [0.1, 0.15) is 103 Å². The average Bonchev–Trinajstić information content (AvgIpc) is 2.91. The number of hydrogen-bond donors (Lipinski definition) is 0. The lowest BCUT2D eigenvalue weighted by Gasteiger charge is -2.11. The molecule has 0 bridgehead atoms. The molecule has 0 fully saturated rings. The molecule has 0 saturated heterocycles. The Kier molecular flexibility index (Phi) is 13.1. The molecular weight excluding hydrogens is 472 g/mol.